The number of halogens is 2. The second kappa shape index (κ2) is 8.75. The van der Waals surface area contributed by atoms with Crippen LogP contribution in [0.4, 0.5) is 0 Å². The van der Waals surface area contributed by atoms with Crippen LogP contribution in [0.5, 0.6) is 0 Å². The zero-order valence-corrected chi connectivity index (χ0v) is 16.9. The maximum Gasteiger partial charge on any atom is 0.221 e. The van der Waals surface area contributed by atoms with Crippen LogP contribution in [-0.2, 0) is 4.79 Å². The fraction of sp³-hybridized carbons (Fsp3) is 0.450. The van der Waals surface area contributed by atoms with Gasteiger partial charge in [-0.25, -0.2) is 0 Å². The number of rotatable bonds is 5. The lowest BCUT2D eigenvalue weighted by molar-refractivity contribution is -0.122. The van der Waals surface area contributed by atoms with E-state index in [-0.39, 0.29) is 24.4 Å². The summed E-state index contributed by atoms with van der Waals surface area (Å²) < 4.78 is 0. The molecule has 26 heavy (non-hydrogen) atoms. The largest absolute Gasteiger partial charge is 0.344 e. The Kier molecular flexibility index (Phi) is 6.62. The zero-order valence-electron chi connectivity index (χ0n) is 14.5. The van der Waals surface area contributed by atoms with Crippen molar-refractivity contribution in [3.8, 4) is 0 Å². The number of amides is 1. The van der Waals surface area contributed by atoms with Crippen LogP contribution < -0.4 is 10.6 Å². The van der Waals surface area contributed by atoms with Gasteiger partial charge >= 0.3 is 0 Å². The van der Waals surface area contributed by atoms with E-state index < -0.39 is 0 Å². The van der Waals surface area contributed by atoms with Gasteiger partial charge in [-0.1, -0.05) is 29.8 Å². The number of carbonyl (C=O) groups is 1. The molecule has 2 saturated heterocycles. The topological polar surface area (TPSA) is 41.1 Å². The second-order valence-electron chi connectivity index (χ2n) is 7.25. The van der Waals surface area contributed by atoms with Crippen molar-refractivity contribution < 1.29 is 4.79 Å². The monoisotopic (exact) mass is 410 g/mol. The van der Waals surface area contributed by atoms with E-state index in [1.165, 1.54) is 12.8 Å². The number of hydrogen-bond donors (Lipinski definition) is 2. The summed E-state index contributed by atoms with van der Waals surface area (Å²) in [6, 6.07) is 13.0. The van der Waals surface area contributed by atoms with E-state index >= 15 is 0 Å². The van der Waals surface area contributed by atoms with Crippen LogP contribution in [0.25, 0.3) is 0 Å². The van der Waals surface area contributed by atoms with Gasteiger partial charge in [0.05, 0.1) is 6.04 Å². The Balaban J connectivity index is 0.00000196. The number of piperidine rings is 1. The van der Waals surface area contributed by atoms with Gasteiger partial charge in [-0.3, -0.25) is 4.79 Å². The number of nitrogens with one attached hydrogen (secondary N) is 2. The Bertz CT molecular complexity index is 708. The van der Waals surface area contributed by atoms with Crippen molar-refractivity contribution in [1.29, 1.82) is 0 Å². The summed E-state index contributed by atoms with van der Waals surface area (Å²) in [6.07, 6.45) is 5.43. The molecule has 2 aromatic rings. The third-order valence-electron chi connectivity index (χ3n) is 5.38. The minimum Gasteiger partial charge on any atom is -0.344 e. The predicted molar refractivity (Wildman–Crippen MR) is 110 cm³/mol. The lowest BCUT2D eigenvalue weighted by atomic mass is 9.89. The van der Waals surface area contributed by atoms with Crippen molar-refractivity contribution >= 4 is 41.3 Å². The molecule has 6 heteroatoms. The molecule has 0 spiro atoms. The van der Waals surface area contributed by atoms with Crippen molar-refractivity contribution in [2.24, 2.45) is 5.92 Å². The second-order valence-corrected chi connectivity index (χ2v) is 8.66. The molecule has 2 fully saturated rings. The minimum atomic E-state index is -0.0943. The van der Waals surface area contributed by atoms with E-state index in [0.717, 1.165) is 23.3 Å². The van der Waals surface area contributed by atoms with Gasteiger partial charge < -0.3 is 10.6 Å². The first-order chi connectivity index (χ1) is 12.2. The number of carbonyl (C=O) groups excluding carboxylic acids is 1. The highest BCUT2D eigenvalue weighted by atomic mass is 35.5. The molecule has 3 heterocycles. The summed E-state index contributed by atoms with van der Waals surface area (Å²) in [4.78, 5) is 13.9. The maximum absolute atomic E-state index is 12.7. The molecular weight excluding hydrogens is 387 g/mol. The van der Waals surface area contributed by atoms with Crippen LogP contribution in [0.15, 0.2) is 41.8 Å². The van der Waals surface area contributed by atoms with Crippen molar-refractivity contribution in [2.75, 3.05) is 0 Å². The van der Waals surface area contributed by atoms with Gasteiger partial charge in [-0.15, -0.1) is 23.7 Å². The van der Waals surface area contributed by atoms with Crippen LogP contribution in [0.1, 0.15) is 48.6 Å². The quantitative estimate of drug-likeness (QED) is 0.731. The van der Waals surface area contributed by atoms with Gasteiger partial charge in [0.1, 0.15) is 0 Å². The van der Waals surface area contributed by atoms with Crippen molar-refractivity contribution in [1.82, 2.24) is 10.6 Å². The SMILES string of the molecule is Cl.O=C(CC1CC2CCC(C1)N2)NC(c1ccc(Cl)cc1)c1cccs1. The van der Waals surface area contributed by atoms with E-state index in [0.29, 0.717) is 29.4 Å². The number of hydrogen-bond acceptors (Lipinski definition) is 3. The Labute approximate surface area is 169 Å². The highest BCUT2D eigenvalue weighted by Crippen LogP contribution is 2.33. The summed E-state index contributed by atoms with van der Waals surface area (Å²) in [5.41, 5.74) is 1.07. The van der Waals surface area contributed by atoms with Crippen LogP contribution in [0.2, 0.25) is 5.02 Å². The first-order valence-corrected chi connectivity index (χ1v) is 10.3. The molecule has 140 valence electrons. The molecular formula is C20H24Cl2N2OS. The van der Waals surface area contributed by atoms with Crippen LogP contribution >= 0.6 is 35.3 Å². The Hall–Kier alpha value is -1.07. The average Bonchev–Trinajstić information content (AvgIpc) is 3.23. The van der Waals surface area contributed by atoms with Gasteiger partial charge in [0, 0.05) is 28.4 Å². The maximum atomic E-state index is 12.7. The average molecular weight is 411 g/mol. The number of fused-ring (bicyclic) bond motifs is 2. The van der Waals surface area contributed by atoms with Gasteiger partial charge in [-0.05, 0) is 60.7 Å². The summed E-state index contributed by atoms with van der Waals surface area (Å²) in [6.45, 7) is 0. The van der Waals surface area contributed by atoms with E-state index in [2.05, 4.69) is 22.1 Å². The standard InChI is InChI=1S/C20H23ClN2OS.ClH/c21-15-5-3-14(4-6-15)20(18-2-1-9-25-18)23-19(24)12-13-10-16-7-8-17(11-13)22-16;/h1-6,9,13,16-17,20,22H,7-8,10-12H2,(H,23,24);1H. The highest BCUT2D eigenvalue weighted by Gasteiger charge is 2.34. The zero-order chi connectivity index (χ0) is 17.2. The molecule has 1 amide bonds. The van der Waals surface area contributed by atoms with Crippen molar-refractivity contribution in [3.63, 3.8) is 0 Å². The first kappa shape index (κ1) is 19.7. The lowest BCUT2D eigenvalue weighted by Crippen LogP contribution is -2.40. The molecule has 3 atom stereocenters. The molecule has 0 saturated carbocycles. The van der Waals surface area contributed by atoms with Crippen LogP contribution in [0, 0.1) is 5.92 Å². The molecule has 2 aliphatic heterocycles. The van der Waals surface area contributed by atoms with E-state index in [1.807, 2.05) is 30.3 Å². The fourth-order valence-electron chi connectivity index (χ4n) is 4.25. The molecule has 3 nitrogen and oxygen atoms in total. The van der Waals surface area contributed by atoms with Gasteiger partial charge in [0.2, 0.25) is 5.91 Å². The lowest BCUT2D eigenvalue weighted by Gasteiger charge is -2.29. The van der Waals surface area contributed by atoms with Crippen LogP contribution in [0.3, 0.4) is 0 Å². The molecule has 1 aromatic carbocycles. The third kappa shape index (κ3) is 4.61. The minimum absolute atomic E-state index is 0. The van der Waals surface area contributed by atoms with Gasteiger partial charge in [0.15, 0.2) is 0 Å². The first-order valence-electron chi connectivity index (χ1n) is 9.01. The molecule has 3 unspecified atom stereocenters. The number of thiophene rings is 1. The summed E-state index contributed by atoms with van der Waals surface area (Å²) in [5, 5.41) is 9.67. The normalized spacial score (nSPS) is 25.3. The number of benzene rings is 1. The fourth-order valence-corrected chi connectivity index (χ4v) is 5.18. The molecule has 0 aliphatic carbocycles. The Morgan fingerprint density at radius 3 is 2.50 bits per heavy atom. The van der Waals surface area contributed by atoms with Gasteiger partial charge in [-0.2, -0.15) is 0 Å². The molecule has 2 bridgehead atoms. The Morgan fingerprint density at radius 2 is 1.88 bits per heavy atom. The Morgan fingerprint density at radius 1 is 1.19 bits per heavy atom. The molecule has 2 aliphatic rings. The van der Waals surface area contributed by atoms with Crippen molar-refractivity contribution in [3.05, 3.63) is 57.2 Å². The van der Waals surface area contributed by atoms with Crippen molar-refractivity contribution in [2.45, 2.75) is 50.2 Å². The smallest absolute Gasteiger partial charge is 0.221 e. The summed E-state index contributed by atoms with van der Waals surface area (Å²) in [5.74, 6) is 0.660. The van der Waals surface area contributed by atoms with E-state index in [1.54, 1.807) is 11.3 Å². The highest BCUT2D eigenvalue weighted by molar-refractivity contribution is 7.10. The summed E-state index contributed by atoms with van der Waals surface area (Å²) in [7, 11) is 0. The molecule has 1 aromatic heterocycles. The molecule has 2 N–H and O–H groups in total. The van der Waals surface area contributed by atoms with Crippen LogP contribution in [-0.4, -0.2) is 18.0 Å². The van der Waals surface area contributed by atoms with E-state index in [4.69, 9.17) is 11.6 Å². The molecule has 0 radical (unpaired) electrons. The van der Waals surface area contributed by atoms with E-state index in [9.17, 15) is 4.79 Å². The molecule has 4 rings (SSSR count). The third-order valence-corrected chi connectivity index (χ3v) is 6.57. The summed E-state index contributed by atoms with van der Waals surface area (Å²) >= 11 is 7.69. The van der Waals surface area contributed by atoms with Gasteiger partial charge in [0.25, 0.3) is 0 Å². The predicted octanol–water partition coefficient (Wildman–Crippen LogP) is 4.95.